The maximum absolute atomic E-state index is 12.2. The summed E-state index contributed by atoms with van der Waals surface area (Å²) in [6, 6.07) is 3.35. The number of nitrogens with zero attached hydrogens (tertiary/aromatic N) is 1. The van der Waals surface area contributed by atoms with E-state index in [9.17, 15) is 9.90 Å². The van der Waals surface area contributed by atoms with Gasteiger partial charge in [0.25, 0.3) is 0 Å². The highest BCUT2D eigenvalue weighted by Gasteiger charge is 2.19. The van der Waals surface area contributed by atoms with Crippen LogP contribution in [0.3, 0.4) is 0 Å². The molecule has 1 fully saturated rings. The first-order valence-electron chi connectivity index (χ1n) is 5.59. The number of phenols is 1. The topological polar surface area (TPSA) is 49.8 Å². The summed E-state index contributed by atoms with van der Waals surface area (Å²) < 4.78 is 6.51. The fraction of sp³-hybridized carbons (Fsp3) is 0.417. The summed E-state index contributed by atoms with van der Waals surface area (Å²) in [5.74, 6) is -0.0899. The molecule has 1 N–H and O–H groups in total. The third kappa shape index (κ3) is 3.32. The van der Waals surface area contributed by atoms with E-state index in [1.165, 1.54) is 0 Å². The summed E-state index contributed by atoms with van der Waals surface area (Å²) >= 11 is 6.54. The van der Waals surface area contributed by atoms with E-state index in [0.29, 0.717) is 29.8 Å². The number of halogens is 2. The first-order valence-corrected chi connectivity index (χ1v) is 7.18. The minimum Gasteiger partial charge on any atom is -0.506 e. The van der Waals surface area contributed by atoms with Crippen LogP contribution < -0.4 is 0 Å². The number of ketones is 1. The Labute approximate surface area is 122 Å². The van der Waals surface area contributed by atoms with E-state index in [1.807, 2.05) is 4.90 Å². The standard InChI is InChI=1S/C12H13Br2NO3/c13-8-5-9(12(17)10(14)6-8)11(16)7-15-1-3-18-4-2-15/h5-6,17H,1-4,7H2. The number of hydrogen-bond donors (Lipinski definition) is 1. The van der Waals surface area contributed by atoms with Crippen LogP contribution in [0.5, 0.6) is 5.75 Å². The van der Waals surface area contributed by atoms with Crippen molar-refractivity contribution in [3.05, 3.63) is 26.6 Å². The van der Waals surface area contributed by atoms with Crippen molar-refractivity contribution in [1.29, 1.82) is 0 Å². The molecule has 0 radical (unpaired) electrons. The molecule has 1 aromatic rings. The van der Waals surface area contributed by atoms with E-state index in [2.05, 4.69) is 31.9 Å². The Kier molecular flexibility index (Phi) is 4.77. The van der Waals surface area contributed by atoms with E-state index in [1.54, 1.807) is 12.1 Å². The van der Waals surface area contributed by atoms with E-state index in [-0.39, 0.29) is 11.5 Å². The lowest BCUT2D eigenvalue weighted by Gasteiger charge is -2.25. The molecule has 1 aromatic carbocycles. The number of morpholine rings is 1. The Morgan fingerprint density at radius 2 is 2.00 bits per heavy atom. The Morgan fingerprint density at radius 1 is 1.33 bits per heavy atom. The SMILES string of the molecule is O=C(CN1CCOCC1)c1cc(Br)cc(Br)c1O. The lowest BCUT2D eigenvalue weighted by molar-refractivity contribution is 0.0370. The van der Waals surface area contributed by atoms with Crippen LogP contribution in [-0.4, -0.2) is 48.6 Å². The monoisotopic (exact) mass is 377 g/mol. The number of carbonyl (C=O) groups is 1. The molecule has 2 rings (SSSR count). The Hall–Kier alpha value is -0.430. The van der Waals surface area contributed by atoms with Gasteiger partial charge < -0.3 is 9.84 Å². The molecular weight excluding hydrogens is 366 g/mol. The Morgan fingerprint density at radius 3 is 2.67 bits per heavy atom. The van der Waals surface area contributed by atoms with E-state index >= 15 is 0 Å². The number of aromatic hydroxyl groups is 1. The van der Waals surface area contributed by atoms with Crippen molar-refractivity contribution < 1.29 is 14.6 Å². The highest BCUT2D eigenvalue weighted by Crippen LogP contribution is 2.32. The van der Waals surface area contributed by atoms with Crippen molar-refractivity contribution in [2.24, 2.45) is 0 Å². The molecule has 0 aliphatic carbocycles. The second-order valence-corrected chi connectivity index (χ2v) is 5.87. The van der Waals surface area contributed by atoms with Crippen molar-refractivity contribution in [3.63, 3.8) is 0 Å². The first kappa shape index (κ1) is 14.0. The zero-order chi connectivity index (χ0) is 13.1. The van der Waals surface area contributed by atoms with E-state index < -0.39 is 0 Å². The first-order chi connectivity index (χ1) is 8.58. The van der Waals surface area contributed by atoms with Crippen molar-refractivity contribution in [2.45, 2.75) is 0 Å². The van der Waals surface area contributed by atoms with Gasteiger partial charge in [0.1, 0.15) is 5.75 Å². The maximum Gasteiger partial charge on any atom is 0.180 e. The molecule has 1 aliphatic heterocycles. The van der Waals surface area contributed by atoms with Crippen LogP contribution in [0, 0.1) is 0 Å². The number of phenolic OH excluding ortho intramolecular Hbond substituents is 1. The van der Waals surface area contributed by atoms with Gasteiger partial charge in [0, 0.05) is 17.6 Å². The smallest absolute Gasteiger partial charge is 0.180 e. The lowest BCUT2D eigenvalue weighted by Crippen LogP contribution is -2.39. The van der Waals surface area contributed by atoms with Gasteiger partial charge in [-0.15, -0.1) is 0 Å². The Balaban J connectivity index is 2.13. The normalized spacial score (nSPS) is 16.8. The number of hydrogen-bond acceptors (Lipinski definition) is 4. The second-order valence-electron chi connectivity index (χ2n) is 4.10. The molecule has 18 heavy (non-hydrogen) atoms. The zero-order valence-electron chi connectivity index (χ0n) is 9.66. The van der Waals surface area contributed by atoms with Crippen molar-refractivity contribution in [1.82, 2.24) is 4.90 Å². The molecule has 4 nitrogen and oxygen atoms in total. The van der Waals surface area contributed by atoms with Gasteiger partial charge in [-0.25, -0.2) is 0 Å². The minimum atomic E-state index is -0.0867. The quantitative estimate of drug-likeness (QED) is 0.820. The lowest BCUT2D eigenvalue weighted by atomic mass is 10.1. The molecule has 0 aromatic heterocycles. The van der Waals surface area contributed by atoms with Gasteiger partial charge in [-0.2, -0.15) is 0 Å². The number of carbonyl (C=O) groups excluding carboxylic acids is 1. The third-order valence-electron chi connectivity index (χ3n) is 2.80. The summed E-state index contributed by atoms with van der Waals surface area (Å²) in [6.45, 7) is 3.12. The molecule has 6 heteroatoms. The van der Waals surface area contributed by atoms with Crippen molar-refractivity contribution >= 4 is 37.6 Å². The van der Waals surface area contributed by atoms with Crippen LogP contribution in [0.25, 0.3) is 0 Å². The summed E-state index contributed by atoms with van der Waals surface area (Å²) in [6.07, 6.45) is 0. The van der Waals surface area contributed by atoms with Gasteiger partial charge in [-0.1, -0.05) is 15.9 Å². The van der Waals surface area contributed by atoms with Crippen molar-refractivity contribution in [2.75, 3.05) is 32.8 Å². The largest absolute Gasteiger partial charge is 0.506 e. The van der Waals surface area contributed by atoms with Crippen LogP contribution >= 0.6 is 31.9 Å². The summed E-state index contributed by atoms with van der Waals surface area (Å²) in [7, 11) is 0. The van der Waals surface area contributed by atoms with Gasteiger partial charge in [-0.05, 0) is 28.1 Å². The van der Waals surface area contributed by atoms with E-state index in [4.69, 9.17) is 4.74 Å². The molecule has 0 amide bonds. The molecule has 1 aliphatic rings. The molecular formula is C12H13Br2NO3. The molecule has 1 saturated heterocycles. The fourth-order valence-electron chi connectivity index (χ4n) is 1.83. The highest BCUT2D eigenvalue weighted by molar-refractivity contribution is 9.11. The number of rotatable bonds is 3. The minimum absolute atomic E-state index is 0.00328. The number of Topliss-reactive ketones (excluding diaryl/α,β-unsaturated/α-hetero) is 1. The van der Waals surface area contributed by atoms with Gasteiger partial charge in [0.05, 0.1) is 29.8 Å². The summed E-state index contributed by atoms with van der Waals surface area (Å²) in [5, 5.41) is 9.89. The average molecular weight is 379 g/mol. The summed E-state index contributed by atoms with van der Waals surface area (Å²) in [5.41, 5.74) is 0.336. The van der Waals surface area contributed by atoms with Crippen molar-refractivity contribution in [3.8, 4) is 5.75 Å². The highest BCUT2D eigenvalue weighted by atomic mass is 79.9. The van der Waals surface area contributed by atoms with Crippen LogP contribution in [0.1, 0.15) is 10.4 Å². The average Bonchev–Trinajstić information content (AvgIpc) is 2.35. The number of ether oxygens (including phenoxy) is 1. The molecule has 0 atom stereocenters. The van der Waals surface area contributed by atoms with E-state index in [0.717, 1.165) is 17.6 Å². The third-order valence-corrected chi connectivity index (χ3v) is 3.86. The molecule has 0 unspecified atom stereocenters. The van der Waals surface area contributed by atoms with Gasteiger partial charge >= 0.3 is 0 Å². The predicted molar refractivity (Wildman–Crippen MR) is 75.1 cm³/mol. The van der Waals surface area contributed by atoms with Gasteiger partial charge in [-0.3, -0.25) is 9.69 Å². The number of benzene rings is 1. The second kappa shape index (κ2) is 6.14. The van der Waals surface area contributed by atoms with Crippen LogP contribution in [-0.2, 0) is 4.74 Å². The molecule has 0 spiro atoms. The maximum atomic E-state index is 12.2. The van der Waals surface area contributed by atoms with Crippen LogP contribution in [0.4, 0.5) is 0 Å². The molecule has 0 saturated carbocycles. The predicted octanol–water partition coefficient (Wildman–Crippen LogP) is 2.43. The fourth-order valence-corrected chi connectivity index (χ4v) is 3.05. The van der Waals surface area contributed by atoms with Gasteiger partial charge in [0.2, 0.25) is 0 Å². The van der Waals surface area contributed by atoms with Crippen LogP contribution in [0.15, 0.2) is 21.1 Å². The van der Waals surface area contributed by atoms with Gasteiger partial charge in [0.15, 0.2) is 5.78 Å². The molecule has 98 valence electrons. The zero-order valence-corrected chi connectivity index (χ0v) is 12.8. The van der Waals surface area contributed by atoms with Crippen LogP contribution in [0.2, 0.25) is 0 Å². The molecule has 0 bridgehead atoms. The Bertz CT molecular complexity index is 459. The summed E-state index contributed by atoms with van der Waals surface area (Å²) in [4.78, 5) is 14.2. The molecule has 1 heterocycles.